The van der Waals surface area contributed by atoms with Gasteiger partial charge in [0, 0.05) is 17.8 Å². The fraction of sp³-hybridized carbons (Fsp3) is 0.500. The molecule has 0 fully saturated rings. The average molecular weight is 234 g/mol. The number of carbonyl (C=O) groups excluding carboxylic acids is 1. The molecule has 0 aromatic heterocycles. The lowest BCUT2D eigenvalue weighted by Gasteiger charge is -2.19. The summed E-state index contributed by atoms with van der Waals surface area (Å²) in [6, 6.07) is 3.75. The van der Waals surface area contributed by atoms with Crippen molar-refractivity contribution in [2.24, 2.45) is 5.41 Å². The van der Waals surface area contributed by atoms with Gasteiger partial charge in [-0.2, -0.15) is 0 Å². The SMILES string of the molecule is Cc1cc(N)cc(C)c1NC(=O)CC(C)(C)C. The Morgan fingerprint density at radius 1 is 1.24 bits per heavy atom. The minimum Gasteiger partial charge on any atom is -0.399 e. The smallest absolute Gasteiger partial charge is 0.224 e. The lowest BCUT2D eigenvalue weighted by molar-refractivity contribution is -0.117. The second-order valence-corrected chi connectivity index (χ2v) is 5.82. The molecule has 0 heterocycles. The van der Waals surface area contributed by atoms with Crippen molar-refractivity contribution in [3.05, 3.63) is 23.3 Å². The van der Waals surface area contributed by atoms with Crippen LogP contribution in [0.3, 0.4) is 0 Å². The monoisotopic (exact) mass is 234 g/mol. The quantitative estimate of drug-likeness (QED) is 0.772. The average Bonchev–Trinajstić information content (AvgIpc) is 2.08. The number of hydrogen-bond acceptors (Lipinski definition) is 2. The van der Waals surface area contributed by atoms with Gasteiger partial charge in [-0.1, -0.05) is 20.8 Å². The van der Waals surface area contributed by atoms with E-state index >= 15 is 0 Å². The Hall–Kier alpha value is -1.51. The number of amides is 1. The molecule has 94 valence electrons. The van der Waals surface area contributed by atoms with Gasteiger partial charge in [0.2, 0.25) is 5.91 Å². The molecular formula is C14H22N2O. The molecule has 1 amide bonds. The molecule has 0 atom stereocenters. The van der Waals surface area contributed by atoms with E-state index in [0.717, 1.165) is 22.5 Å². The molecule has 17 heavy (non-hydrogen) atoms. The number of anilines is 2. The van der Waals surface area contributed by atoms with E-state index in [2.05, 4.69) is 26.1 Å². The van der Waals surface area contributed by atoms with E-state index in [-0.39, 0.29) is 11.3 Å². The maximum absolute atomic E-state index is 11.9. The highest BCUT2D eigenvalue weighted by Gasteiger charge is 2.17. The molecule has 0 radical (unpaired) electrons. The van der Waals surface area contributed by atoms with Gasteiger partial charge in [0.05, 0.1) is 0 Å². The number of nitrogens with one attached hydrogen (secondary N) is 1. The van der Waals surface area contributed by atoms with Crippen molar-refractivity contribution in [1.82, 2.24) is 0 Å². The van der Waals surface area contributed by atoms with E-state index in [4.69, 9.17) is 5.73 Å². The van der Waals surface area contributed by atoms with E-state index in [9.17, 15) is 4.79 Å². The highest BCUT2D eigenvalue weighted by molar-refractivity contribution is 5.93. The summed E-state index contributed by atoms with van der Waals surface area (Å²) in [5.74, 6) is 0.0495. The molecular weight excluding hydrogens is 212 g/mol. The summed E-state index contributed by atoms with van der Waals surface area (Å²) in [7, 11) is 0. The first-order valence-electron chi connectivity index (χ1n) is 5.85. The molecule has 1 rings (SSSR count). The Labute approximate surface area is 103 Å². The predicted octanol–water partition coefficient (Wildman–Crippen LogP) is 3.26. The van der Waals surface area contributed by atoms with Crippen LogP contribution in [-0.2, 0) is 4.79 Å². The summed E-state index contributed by atoms with van der Waals surface area (Å²) in [5, 5.41) is 2.97. The zero-order valence-corrected chi connectivity index (χ0v) is 11.3. The Morgan fingerprint density at radius 3 is 2.12 bits per heavy atom. The minimum atomic E-state index is -0.000297. The van der Waals surface area contributed by atoms with Crippen molar-refractivity contribution in [2.75, 3.05) is 11.1 Å². The first kappa shape index (κ1) is 13.6. The van der Waals surface area contributed by atoms with Crippen LogP contribution < -0.4 is 11.1 Å². The number of aryl methyl sites for hydroxylation is 2. The van der Waals surface area contributed by atoms with E-state index in [0.29, 0.717) is 6.42 Å². The fourth-order valence-corrected chi connectivity index (χ4v) is 1.86. The number of benzene rings is 1. The lowest BCUT2D eigenvalue weighted by atomic mass is 9.92. The number of carbonyl (C=O) groups is 1. The maximum Gasteiger partial charge on any atom is 0.224 e. The van der Waals surface area contributed by atoms with Crippen LogP contribution in [0.15, 0.2) is 12.1 Å². The van der Waals surface area contributed by atoms with Crippen LogP contribution in [0.1, 0.15) is 38.3 Å². The van der Waals surface area contributed by atoms with Crippen LogP contribution in [0, 0.1) is 19.3 Å². The largest absolute Gasteiger partial charge is 0.399 e. The summed E-state index contributed by atoms with van der Waals surface area (Å²) in [6.45, 7) is 10.1. The second kappa shape index (κ2) is 4.78. The van der Waals surface area contributed by atoms with Gasteiger partial charge in [0.15, 0.2) is 0 Å². The highest BCUT2D eigenvalue weighted by atomic mass is 16.1. The van der Waals surface area contributed by atoms with Crippen molar-refractivity contribution < 1.29 is 4.79 Å². The van der Waals surface area contributed by atoms with Gasteiger partial charge in [-0.15, -0.1) is 0 Å². The second-order valence-electron chi connectivity index (χ2n) is 5.82. The van der Waals surface area contributed by atoms with Crippen LogP contribution in [-0.4, -0.2) is 5.91 Å². The molecule has 0 saturated carbocycles. The maximum atomic E-state index is 11.9. The Kier molecular flexibility index (Phi) is 3.81. The normalized spacial score (nSPS) is 11.4. The number of rotatable bonds is 2. The molecule has 0 bridgehead atoms. The number of hydrogen-bond donors (Lipinski definition) is 2. The number of nitrogens with two attached hydrogens (primary N) is 1. The summed E-state index contributed by atoms with van der Waals surface area (Å²) >= 11 is 0. The van der Waals surface area contributed by atoms with Gasteiger partial charge in [0.1, 0.15) is 0 Å². The van der Waals surface area contributed by atoms with E-state index in [1.165, 1.54) is 0 Å². The first-order valence-corrected chi connectivity index (χ1v) is 5.85. The molecule has 3 nitrogen and oxygen atoms in total. The van der Waals surface area contributed by atoms with E-state index in [1.807, 2.05) is 26.0 Å². The van der Waals surface area contributed by atoms with Gasteiger partial charge in [0.25, 0.3) is 0 Å². The summed E-state index contributed by atoms with van der Waals surface area (Å²) < 4.78 is 0. The third-order valence-electron chi connectivity index (χ3n) is 2.51. The van der Waals surface area contributed by atoms with Gasteiger partial charge < -0.3 is 11.1 Å². The zero-order chi connectivity index (χ0) is 13.2. The fourth-order valence-electron chi connectivity index (χ4n) is 1.86. The molecule has 0 unspecified atom stereocenters. The third kappa shape index (κ3) is 4.10. The highest BCUT2D eigenvalue weighted by Crippen LogP contribution is 2.25. The van der Waals surface area contributed by atoms with Crippen LogP contribution in [0.25, 0.3) is 0 Å². The van der Waals surface area contributed by atoms with Crippen molar-refractivity contribution in [2.45, 2.75) is 41.0 Å². The van der Waals surface area contributed by atoms with Crippen molar-refractivity contribution >= 4 is 17.3 Å². The van der Waals surface area contributed by atoms with Crippen molar-refractivity contribution in [3.8, 4) is 0 Å². The van der Waals surface area contributed by atoms with Gasteiger partial charge in [-0.05, 0) is 42.5 Å². The van der Waals surface area contributed by atoms with Crippen LogP contribution in [0.4, 0.5) is 11.4 Å². The molecule has 0 aliphatic rings. The van der Waals surface area contributed by atoms with E-state index < -0.39 is 0 Å². The Morgan fingerprint density at radius 2 is 1.71 bits per heavy atom. The molecule has 0 saturated heterocycles. The molecule has 1 aromatic rings. The van der Waals surface area contributed by atoms with Gasteiger partial charge in [-0.3, -0.25) is 4.79 Å². The first-order chi connectivity index (χ1) is 7.69. The Bertz CT molecular complexity index is 407. The lowest BCUT2D eigenvalue weighted by Crippen LogP contribution is -2.20. The van der Waals surface area contributed by atoms with Crippen LogP contribution in [0.5, 0.6) is 0 Å². The summed E-state index contributed by atoms with van der Waals surface area (Å²) in [5.41, 5.74) is 9.37. The molecule has 1 aromatic carbocycles. The number of nitrogen functional groups attached to an aromatic ring is 1. The predicted molar refractivity (Wildman–Crippen MR) is 73.0 cm³/mol. The van der Waals surface area contributed by atoms with E-state index in [1.54, 1.807) is 0 Å². The van der Waals surface area contributed by atoms with Crippen molar-refractivity contribution in [1.29, 1.82) is 0 Å². The van der Waals surface area contributed by atoms with Crippen molar-refractivity contribution in [3.63, 3.8) is 0 Å². The third-order valence-corrected chi connectivity index (χ3v) is 2.51. The Balaban J connectivity index is 2.86. The molecule has 0 aliphatic heterocycles. The zero-order valence-electron chi connectivity index (χ0n) is 11.3. The molecule has 3 N–H and O–H groups in total. The van der Waals surface area contributed by atoms with Crippen LogP contribution in [0.2, 0.25) is 0 Å². The topological polar surface area (TPSA) is 55.1 Å². The van der Waals surface area contributed by atoms with Gasteiger partial charge in [-0.25, -0.2) is 0 Å². The molecule has 3 heteroatoms. The summed E-state index contributed by atoms with van der Waals surface area (Å²) in [4.78, 5) is 11.9. The molecule has 0 aliphatic carbocycles. The van der Waals surface area contributed by atoms with Gasteiger partial charge >= 0.3 is 0 Å². The van der Waals surface area contributed by atoms with Crippen LogP contribution >= 0.6 is 0 Å². The minimum absolute atomic E-state index is 0.000297. The molecule has 0 spiro atoms. The summed E-state index contributed by atoms with van der Waals surface area (Å²) in [6.07, 6.45) is 0.510. The standard InChI is InChI=1S/C14H22N2O/c1-9-6-11(15)7-10(2)13(9)16-12(17)8-14(3,4)5/h6-7H,8,15H2,1-5H3,(H,16,17).